The van der Waals surface area contributed by atoms with Gasteiger partial charge in [-0.05, 0) is 31.4 Å². The summed E-state index contributed by atoms with van der Waals surface area (Å²) in [5, 5.41) is 8.99. The molecule has 0 aromatic heterocycles. The van der Waals surface area contributed by atoms with Gasteiger partial charge in [-0.25, -0.2) is 4.79 Å². The number of ether oxygens (including phenoxy) is 1. The number of hydrogen-bond donors (Lipinski definition) is 3. The van der Waals surface area contributed by atoms with Crippen LogP contribution in [0.1, 0.15) is 19.3 Å². The summed E-state index contributed by atoms with van der Waals surface area (Å²) in [6.07, 6.45) is 3.23. The standard InChI is InChI=1S/C15H23N3O2/c19-15(18-12-14-8-4-11-20-14)17-10-5-9-16-13-6-2-1-3-7-13/h1-3,6-7,14,16H,4-5,8-12H2,(H2,17,18,19). The van der Waals surface area contributed by atoms with Gasteiger partial charge in [-0.15, -0.1) is 0 Å². The first-order valence-corrected chi connectivity index (χ1v) is 7.27. The molecule has 1 aromatic carbocycles. The molecule has 1 aliphatic heterocycles. The van der Waals surface area contributed by atoms with Gasteiger partial charge in [0.25, 0.3) is 0 Å². The molecule has 5 nitrogen and oxygen atoms in total. The molecule has 0 saturated carbocycles. The lowest BCUT2D eigenvalue weighted by Crippen LogP contribution is -2.40. The van der Waals surface area contributed by atoms with Crippen LogP contribution in [0.5, 0.6) is 0 Å². The minimum Gasteiger partial charge on any atom is -0.385 e. The van der Waals surface area contributed by atoms with Crippen LogP contribution >= 0.6 is 0 Å². The number of carbonyl (C=O) groups is 1. The molecule has 2 rings (SSSR count). The smallest absolute Gasteiger partial charge is 0.314 e. The van der Waals surface area contributed by atoms with Crippen LogP contribution in [0.3, 0.4) is 0 Å². The van der Waals surface area contributed by atoms with Crippen molar-refractivity contribution in [3.05, 3.63) is 30.3 Å². The molecule has 1 heterocycles. The zero-order chi connectivity index (χ0) is 14.0. The fourth-order valence-electron chi connectivity index (χ4n) is 2.15. The predicted molar refractivity (Wildman–Crippen MR) is 79.9 cm³/mol. The molecule has 1 unspecified atom stereocenters. The Kier molecular flexibility index (Phi) is 6.17. The summed E-state index contributed by atoms with van der Waals surface area (Å²) < 4.78 is 5.44. The number of carbonyl (C=O) groups excluding carboxylic acids is 1. The molecule has 3 N–H and O–H groups in total. The van der Waals surface area contributed by atoms with Gasteiger partial charge in [-0.2, -0.15) is 0 Å². The van der Waals surface area contributed by atoms with Gasteiger partial charge in [-0.3, -0.25) is 0 Å². The summed E-state index contributed by atoms with van der Waals surface area (Å²) >= 11 is 0. The molecule has 110 valence electrons. The van der Waals surface area contributed by atoms with Crippen molar-refractivity contribution in [3.8, 4) is 0 Å². The normalized spacial score (nSPS) is 17.7. The van der Waals surface area contributed by atoms with Crippen LogP contribution in [0.15, 0.2) is 30.3 Å². The molecule has 1 aliphatic rings. The van der Waals surface area contributed by atoms with Crippen LogP contribution in [0.25, 0.3) is 0 Å². The van der Waals surface area contributed by atoms with Crippen molar-refractivity contribution in [1.29, 1.82) is 0 Å². The predicted octanol–water partition coefficient (Wildman–Crippen LogP) is 1.97. The zero-order valence-corrected chi connectivity index (χ0v) is 11.7. The third-order valence-electron chi connectivity index (χ3n) is 3.26. The first kappa shape index (κ1) is 14.7. The maximum atomic E-state index is 11.5. The van der Waals surface area contributed by atoms with Crippen LogP contribution in [0.2, 0.25) is 0 Å². The number of benzene rings is 1. The molecule has 0 spiro atoms. The summed E-state index contributed by atoms with van der Waals surface area (Å²) in [6, 6.07) is 9.94. The largest absolute Gasteiger partial charge is 0.385 e. The molecule has 0 aliphatic carbocycles. The Labute approximate surface area is 120 Å². The van der Waals surface area contributed by atoms with Crippen LogP contribution in [0, 0.1) is 0 Å². The molecule has 0 radical (unpaired) electrons. The lowest BCUT2D eigenvalue weighted by atomic mass is 10.2. The fraction of sp³-hybridized carbons (Fsp3) is 0.533. The number of urea groups is 1. The highest BCUT2D eigenvalue weighted by atomic mass is 16.5. The second kappa shape index (κ2) is 8.43. The van der Waals surface area contributed by atoms with Gasteiger partial charge < -0.3 is 20.7 Å². The Hall–Kier alpha value is -1.75. The number of rotatable bonds is 7. The van der Waals surface area contributed by atoms with E-state index < -0.39 is 0 Å². The minimum atomic E-state index is -0.111. The average Bonchev–Trinajstić information content (AvgIpc) is 2.99. The highest BCUT2D eigenvalue weighted by Gasteiger charge is 2.15. The summed E-state index contributed by atoms with van der Waals surface area (Å²) in [7, 11) is 0. The van der Waals surface area contributed by atoms with Gasteiger partial charge >= 0.3 is 6.03 Å². The average molecular weight is 277 g/mol. The molecule has 1 aromatic rings. The molecular weight excluding hydrogens is 254 g/mol. The summed E-state index contributed by atoms with van der Waals surface area (Å²) in [5.41, 5.74) is 1.11. The van der Waals surface area contributed by atoms with E-state index in [4.69, 9.17) is 4.74 Å². The van der Waals surface area contributed by atoms with E-state index >= 15 is 0 Å². The van der Waals surface area contributed by atoms with Crippen molar-refractivity contribution in [3.63, 3.8) is 0 Å². The topological polar surface area (TPSA) is 62.4 Å². The lowest BCUT2D eigenvalue weighted by Gasteiger charge is -2.12. The van der Waals surface area contributed by atoms with E-state index in [1.807, 2.05) is 30.3 Å². The number of hydrogen-bond acceptors (Lipinski definition) is 3. The Bertz CT molecular complexity index is 391. The number of nitrogens with one attached hydrogen (secondary N) is 3. The second-order valence-electron chi connectivity index (χ2n) is 4.92. The van der Waals surface area contributed by atoms with Gasteiger partial charge in [0, 0.05) is 31.9 Å². The van der Waals surface area contributed by atoms with Gasteiger partial charge in [0.1, 0.15) is 0 Å². The van der Waals surface area contributed by atoms with E-state index in [9.17, 15) is 4.79 Å². The van der Waals surface area contributed by atoms with E-state index in [1.54, 1.807) is 0 Å². The van der Waals surface area contributed by atoms with E-state index in [0.717, 1.165) is 38.1 Å². The van der Waals surface area contributed by atoms with E-state index in [-0.39, 0.29) is 12.1 Å². The van der Waals surface area contributed by atoms with Crippen molar-refractivity contribution in [2.75, 3.05) is 31.6 Å². The third kappa shape index (κ3) is 5.48. The molecular formula is C15H23N3O2. The van der Waals surface area contributed by atoms with Gasteiger partial charge in [-0.1, -0.05) is 18.2 Å². The summed E-state index contributed by atoms with van der Waals surface area (Å²) in [5.74, 6) is 0. The molecule has 1 atom stereocenters. The summed E-state index contributed by atoms with van der Waals surface area (Å²) in [6.45, 7) is 2.93. The Morgan fingerprint density at radius 3 is 2.80 bits per heavy atom. The van der Waals surface area contributed by atoms with Gasteiger partial charge in [0.15, 0.2) is 0 Å². The molecule has 20 heavy (non-hydrogen) atoms. The molecule has 5 heteroatoms. The van der Waals surface area contributed by atoms with Crippen molar-refractivity contribution in [2.45, 2.75) is 25.4 Å². The van der Waals surface area contributed by atoms with Gasteiger partial charge in [0.05, 0.1) is 6.10 Å². The number of anilines is 1. The first-order valence-electron chi connectivity index (χ1n) is 7.27. The van der Waals surface area contributed by atoms with Crippen molar-refractivity contribution in [1.82, 2.24) is 10.6 Å². The Balaban J connectivity index is 1.47. The maximum Gasteiger partial charge on any atom is 0.314 e. The van der Waals surface area contributed by atoms with E-state index in [1.165, 1.54) is 0 Å². The third-order valence-corrected chi connectivity index (χ3v) is 3.26. The Morgan fingerprint density at radius 2 is 2.05 bits per heavy atom. The molecule has 0 bridgehead atoms. The monoisotopic (exact) mass is 277 g/mol. The van der Waals surface area contributed by atoms with Crippen LogP contribution < -0.4 is 16.0 Å². The van der Waals surface area contributed by atoms with Crippen molar-refractivity contribution < 1.29 is 9.53 Å². The van der Waals surface area contributed by atoms with E-state index in [2.05, 4.69) is 16.0 Å². The van der Waals surface area contributed by atoms with Crippen LogP contribution in [-0.4, -0.2) is 38.4 Å². The highest BCUT2D eigenvalue weighted by molar-refractivity contribution is 5.73. The fourth-order valence-corrected chi connectivity index (χ4v) is 2.15. The molecule has 1 saturated heterocycles. The minimum absolute atomic E-state index is 0.111. The number of para-hydroxylation sites is 1. The highest BCUT2D eigenvalue weighted by Crippen LogP contribution is 2.10. The van der Waals surface area contributed by atoms with Crippen LogP contribution in [-0.2, 0) is 4.74 Å². The number of amides is 2. The first-order chi connectivity index (χ1) is 9.84. The lowest BCUT2D eigenvalue weighted by molar-refractivity contribution is 0.111. The molecule has 2 amide bonds. The van der Waals surface area contributed by atoms with Gasteiger partial charge in [0.2, 0.25) is 0 Å². The maximum absolute atomic E-state index is 11.5. The summed E-state index contributed by atoms with van der Waals surface area (Å²) in [4.78, 5) is 11.5. The zero-order valence-electron chi connectivity index (χ0n) is 11.7. The SMILES string of the molecule is O=C(NCCCNc1ccccc1)NCC1CCCO1. The molecule has 1 fully saturated rings. The quantitative estimate of drug-likeness (QED) is 0.668. The Morgan fingerprint density at radius 1 is 1.20 bits per heavy atom. The van der Waals surface area contributed by atoms with Crippen LogP contribution in [0.4, 0.5) is 10.5 Å². The van der Waals surface area contributed by atoms with E-state index in [0.29, 0.717) is 13.1 Å². The van der Waals surface area contributed by atoms with Crippen molar-refractivity contribution >= 4 is 11.7 Å². The van der Waals surface area contributed by atoms with Crippen molar-refractivity contribution in [2.24, 2.45) is 0 Å². The second-order valence-corrected chi connectivity index (χ2v) is 4.92.